The molecule has 3 aromatic carbocycles. The van der Waals surface area contributed by atoms with Gasteiger partial charge in [0.2, 0.25) is 0 Å². The number of H-pyrrole nitrogens is 1. The van der Waals surface area contributed by atoms with E-state index in [4.69, 9.17) is 35.4 Å². The molecule has 32 heavy (non-hydrogen) atoms. The lowest BCUT2D eigenvalue weighted by Crippen LogP contribution is -2.10. The van der Waals surface area contributed by atoms with Gasteiger partial charge in [-0.3, -0.25) is 0 Å². The number of nitrogens with zero attached hydrogens (tertiary/aromatic N) is 2. The molecular weight excluding hydrogens is 461 g/mol. The third-order valence-electron chi connectivity index (χ3n) is 5.33. The molecule has 1 atom stereocenters. The van der Waals surface area contributed by atoms with Crippen molar-refractivity contribution < 1.29 is 5.48 Å². The maximum absolute atomic E-state index is 6.27. The second-order valence-corrected chi connectivity index (χ2v) is 8.64. The predicted molar refractivity (Wildman–Crippen MR) is 134 cm³/mol. The van der Waals surface area contributed by atoms with Gasteiger partial charge in [-0.25, -0.2) is 4.98 Å². The average molecular weight is 480 g/mol. The fourth-order valence-electron chi connectivity index (χ4n) is 3.94. The third-order valence-corrected chi connectivity index (χ3v) is 6.03. The first-order valence-corrected chi connectivity index (χ1v) is 10.9. The minimum Gasteiger partial charge on any atom is -0.412 e. The number of pyridine rings is 1. The first-order valence-electron chi connectivity index (χ1n) is 9.74. The molecule has 0 spiro atoms. The highest BCUT2D eigenvalue weighted by Gasteiger charge is 2.17. The summed E-state index contributed by atoms with van der Waals surface area (Å²) in [5.41, 5.74) is 5.30. The Morgan fingerprint density at radius 2 is 1.66 bits per heavy atom. The highest BCUT2D eigenvalue weighted by molar-refractivity contribution is 7.71. The van der Waals surface area contributed by atoms with E-state index in [2.05, 4.69) is 38.8 Å². The third kappa shape index (κ3) is 4.33. The molecule has 0 saturated heterocycles. The predicted octanol–water partition coefficient (Wildman–Crippen LogP) is 6.88. The SMILES string of the molecule is O.S=c1cc(-c2cccc(Cl)c2)c2cc(C(c3ccc(Cl)cc3)n3ccnc3)ccc2[nH]1. The first-order chi connectivity index (χ1) is 15.1. The van der Waals surface area contributed by atoms with Crippen molar-refractivity contribution in [3.05, 3.63) is 117 Å². The molecule has 2 heterocycles. The van der Waals surface area contributed by atoms with Gasteiger partial charge in [0.05, 0.1) is 12.4 Å². The molecule has 0 aliphatic heterocycles. The van der Waals surface area contributed by atoms with Crippen LogP contribution in [0, 0.1) is 4.64 Å². The molecule has 0 aliphatic carbocycles. The van der Waals surface area contributed by atoms with Gasteiger partial charge in [-0.15, -0.1) is 0 Å². The topological polar surface area (TPSA) is 65.1 Å². The summed E-state index contributed by atoms with van der Waals surface area (Å²) in [5, 5.41) is 2.48. The van der Waals surface area contributed by atoms with Crippen molar-refractivity contribution in [2.45, 2.75) is 6.04 Å². The van der Waals surface area contributed by atoms with E-state index in [0.717, 1.165) is 33.2 Å². The lowest BCUT2D eigenvalue weighted by molar-refractivity contribution is 0.677. The van der Waals surface area contributed by atoms with Crippen molar-refractivity contribution >= 4 is 46.3 Å². The van der Waals surface area contributed by atoms with Gasteiger partial charge in [-0.1, -0.05) is 65.8 Å². The van der Waals surface area contributed by atoms with E-state index in [1.165, 1.54) is 0 Å². The van der Waals surface area contributed by atoms with Gasteiger partial charge in [0.15, 0.2) is 0 Å². The molecule has 5 rings (SSSR count). The zero-order valence-electron chi connectivity index (χ0n) is 16.8. The highest BCUT2D eigenvalue weighted by Crippen LogP contribution is 2.34. The van der Waals surface area contributed by atoms with Crippen LogP contribution in [0.25, 0.3) is 22.0 Å². The van der Waals surface area contributed by atoms with Crippen LogP contribution in [-0.2, 0) is 0 Å². The van der Waals surface area contributed by atoms with Crippen molar-refractivity contribution in [2.24, 2.45) is 0 Å². The zero-order valence-corrected chi connectivity index (χ0v) is 19.1. The van der Waals surface area contributed by atoms with Crippen LogP contribution in [0.1, 0.15) is 17.2 Å². The molecule has 160 valence electrons. The fraction of sp³-hybridized carbons (Fsp3) is 0.0400. The summed E-state index contributed by atoms with van der Waals surface area (Å²) in [6.07, 6.45) is 5.60. The maximum Gasteiger partial charge on any atom is 0.104 e. The summed E-state index contributed by atoms with van der Waals surface area (Å²) < 4.78 is 2.77. The van der Waals surface area contributed by atoms with Crippen molar-refractivity contribution in [2.75, 3.05) is 0 Å². The number of benzene rings is 3. The molecule has 0 amide bonds. The van der Waals surface area contributed by atoms with Crippen molar-refractivity contribution in [1.82, 2.24) is 14.5 Å². The second kappa shape index (κ2) is 9.27. The molecule has 0 saturated carbocycles. The molecule has 0 bridgehead atoms. The number of hydrogen-bond acceptors (Lipinski definition) is 2. The molecule has 0 aliphatic rings. The highest BCUT2D eigenvalue weighted by atomic mass is 35.5. The Hall–Kier alpha value is -2.96. The summed E-state index contributed by atoms with van der Waals surface area (Å²) >= 11 is 17.9. The molecule has 3 N–H and O–H groups in total. The normalized spacial score (nSPS) is 11.8. The van der Waals surface area contributed by atoms with Crippen LogP contribution in [0.2, 0.25) is 10.0 Å². The Morgan fingerprint density at radius 1 is 0.875 bits per heavy atom. The second-order valence-electron chi connectivity index (χ2n) is 7.33. The molecular formula is C25H19Cl2N3OS. The zero-order chi connectivity index (χ0) is 21.4. The van der Waals surface area contributed by atoms with Gasteiger partial charge in [0, 0.05) is 33.3 Å². The van der Waals surface area contributed by atoms with Crippen molar-refractivity contribution in [1.29, 1.82) is 0 Å². The standard InChI is InChI=1S/C25H17Cl2N3S.H2O/c26-19-7-4-16(5-8-19)25(30-11-10-28-15-30)18-6-9-23-22(13-18)21(14-24(31)29-23)17-2-1-3-20(27)12-17;/h1-15,25H,(H,29,31);1H2. The lowest BCUT2D eigenvalue weighted by Gasteiger charge is -2.21. The number of aromatic nitrogens is 3. The summed E-state index contributed by atoms with van der Waals surface area (Å²) in [6.45, 7) is 0. The number of nitrogens with one attached hydrogen (secondary N) is 1. The van der Waals surface area contributed by atoms with Gasteiger partial charge in [0.25, 0.3) is 0 Å². The molecule has 0 fully saturated rings. The number of imidazole rings is 1. The largest absolute Gasteiger partial charge is 0.412 e. The molecule has 0 radical (unpaired) electrons. The average Bonchev–Trinajstić information content (AvgIpc) is 3.29. The van der Waals surface area contributed by atoms with Crippen LogP contribution < -0.4 is 0 Å². The van der Waals surface area contributed by atoms with E-state index in [1.54, 1.807) is 6.20 Å². The molecule has 7 heteroatoms. The van der Waals surface area contributed by atoms with E-state index in [1.807, 2.05) is 61.1 Å². The maximum atomic E-state index is 6.27. The smallest absolute Gasteiger partial charge is 0.104 e. The van der Waals surface area contributed by atoms with E-state index in [-0.39, 0.29) is 11.5 Å². The quantitative estimate of drug-likeness (QED) is 0.285. The Bertz CT molecular complexity index is 1430. The van der Waals surface area contributed by atoms with E-state index >= 15 is 0 Å². The van der Waals surface area contributed by atoms with Gasteiger partial charge in [0.1, 0.15) is 4.64 Å². The Kier molecular flexibility index (Phi) is 6.44. The molecule has 4 nitrogen and oxygen atoms in total. The Balaban J connectivity index is 0.00000245. The van der Waals surface area contributed by atoms with Crippen LogP contribution in [-0.4, -0.2) is 20.0 Å². The Labute approximate surface area is 200 Å². The van der Waals surface area contributed by atoms with Crippen molar-refractivity contribution in [3.8, 4) is 11.1 Å². The van der Waals surface area contributed by atoms with Gasteiger partial charge in [-0.2, -0.15) is 0 Å². The summed E-state index contributed by atoms with van der Waals surface area (Å²) in [5.74, 6) is 0. The number of halogens is 2. The van der Waals surface area contributed by atoms with Crippen LogP contribution in [0.3, 0.4) is 0 Å². The number of fused-ring (bicyclic) bond motifs is 1. The van der Waals surface area contributed by atoms with E-state index in [0.29, 0.717) is 14.7 Å². The molecule has 1 unspecified atom stereocenters. The fourth-order valence-corrected chi connectivity index (χ4v) is 4.48. The summed E-state index contributed by atoms with van der Waals surface area (Å²) in [4.78, 5) is 7.57. The summed E-state index contributed by atoms with van der Waals surface area (Å²) in [7, 11) is 0. The van der Waals surface area contributed by atoms with E-state index < -0.39 is 0 Å². The summed E-state index contributed by atoms with van der Waals surface area (Å²) in [6, 6.07) is 24.1. The van der Waals surface area contributed by atoms with Crippen LogP contribution in [0.5, 0.6) is 0 Å². The molecule has 5 aromatic rings. The lowest BCUT2D eigenvalue weighted by atomic mass is 9.94. The Morgan fingerprint density at radius 3 is 2.38 bits per heavy atom. The molecule has 2 aromatic heterocycles. The van der Waals surface area contributed by atoms with Crippen molar-refractivity contribution in [3.63, 3.8) is 0 Å². The minimum atomic E-state index is -0.0421. The van der Waals surface area contributed by atoms with Crippen LogP contribution >= 0.6 is 35.4 Å². The van der Waals surface area contributed by atoms with Gasteiger partial charge in [-0.05, 0) is 64.7 Å². The van der Waals surface area contributed by atoms with E-state index in [9.17, 15) is 0 Å². The number of aromatic amines is 1. The van der Waals surface area contributed by atoms with Gasteiger partial charge >= 0.3 is 0 Å². The van der Waals surface area contributed by atoms with Crippen LogP contribution in [0.4, 0.5) is 0 Å². The number of hydrogen-bond donors (Lipinski definition) is 1. The number of rotatable bonds is 4. The first kappa shape index (κ1) is 22.2. The van der Waals surface area contributed by atoms with Crippen LogP contribution in [0.15, 0.2) is 91.5 Å². The minimum absolute atomic E-state index is 0. The van der Waals surface area contributed by atoms with Gasteiger partial charge < -0.3 is 15.0 Å². The monoisotopic (exact) mass is 479 g/mol.